The third kappa shape index (κ3) is 4.16. The van der Waals surface area contributed by atoms with Crippen molar-refractivity contribution in [1.82, 2.24) is 10.6 Å². The first-order chi connectivity index (χ1) is 9.18. The Morgan fingerprint density at radius 2 is 2.25 bits per heavy atom. The van der Waals surface area contributed by atoms with Crippen LogP contribution in [0.2, 0.25) is 0 Å². The highest BCUT2D eigenvalue weighted by atomic mass is 35.5. The summed E-state index contributed by atoms with van der Waals surface area (Å²) in [5.41, 5.74) is 0.494. The standard InChI is InChI=1S/C12H15N3O4.ClH/c16-12(10-8-19-6-5-13-10)14-7-9-3-1-2-4-11(9)15(17)18;/h1-4,10,13H,5-8H2,(H,14,16);1H. The van der Waals surface area contributed by atoms with E-state index in [-0.39, 0.29) is 30.5 Å². The number of carbonyl (C=O) groups excluding carboxylic acids is 1. The van der Waals surface area contributed by atoms with E-state index in [4.69, 9.17) is 4.74 Å². The van der Waals surface area contributed by atoms with Gasteiger partial charge in [-0.25, -0.2) is 0 Å². The van der Waals surface area contributed by atoms with E-state index >= 15 is 0 Å². The molecule has 1 heterocycles. The topological polar surface area (TPSA) is 93.5 Å². The number of nitro groups is 1. The molecule has 1 aliphatic rings. The maximum atomic E-state index is 11.8. The lowest BCUT2D eigenvalue weighted by Crippen LogP contribution is -2.51. The zero-order valence-corrected chi connectivity index (χ0v) is 11.5. The number of nitrogens with one attached hydrogen (secondary N) is 2. The first kappa shape index (κ1) is 16.4. The maximum Gasteiger partial charge on any atom is 0.274 e. The van der Waals surface area contributed by atoms with Gasteiger partial charge >= 0.3 is 0 Å². The van der Waals surface area contributed by atoms with Gasteiger partial charge in [0.25, 0.3) is 5.69 Å². The SMILES string of the molecule is Cl.O=C(NCc1ccccc1[N+](=O)[O-])C1COCCN1. The van der Waals surface area contributed by atoms with Gasteiger partial charge in [0.15, 0.2) is 0 Å². The van der Waals surface area contributed by atoms with Crippen LogP contribution in [-0.4, -0.2) is 36.6 Å². The largest absolute Gasteiger partial charge is 0.378 e. The van der Waals surface area contributed by atoms with E-state index in [0.717, 1.165) is 0 Å². The minimum Gasteiger partial charge on any atom is -0.378 e. The summed E-state index contributed by atoms with van der Waals surface area (Å²) in [6.45, 7) is 1.67. The van der Waals surface area contributed by atoms with Crippen LogP contribution in [0.5, 0.6) is 0 Å². The highest BCUT2D eigenvalue weighted by Crippen LogP contribution is 2.17. The van der Waals surface area contributed by atoms with E-state index in [1.165, 1.54) is 6.07 Å². The van der Waals surface area contributed by atoms with Crippen LogP contribution in [0, 0.1) is 10.1 Å². The summed E-state index contributed by atoms with van der Waals surface area (Å²) in [5.74, 6) is -0.210. The molecule has 2 N–H and O–H groups in total. The lowest BCUT2D eigenvalue weighted by molar-refractivity contribution is -0.385. The van der Waals surface area contributed by atoms with Crippen molar-refractivity contribution >= 4 is 24.0 Å². The predicted molar refractivity (Wildman–Crippen MR) is 74.8 cm³/mol. The maximum absolute atomic E-state index is 11.8. The Balaban J connectivity index is 0.00000200. The molecule has 1 aliphatic heterocycles. The second kappa shape index (κ2) is 7.78. The summed E-state index contributed by atoms with van der Waals surface area (Å²) in [4.78, 5) is 22.2. The molecule has 1 aromatic carbocycles. The van der Waals surface area contributed by atoms with Gasteiger partial charge in [-0.3, -0.25) is 14.9 Å². The molecule has 1 saturated heterocycles. The molecule has 0 spiro atoms. The number of nitro benzene ring substituents is 1. The van der Waals surface area contributed by atoms with E-state index in [1.807, 2.05) is 0 Å². The Kier molecular flexibility index (Phi) is 6.37. The van der Waals surface area contributed by atoms with Gasteiger partial charge in [0, 0.05) is 24.7 Å². The molecule has 110 valence electrons. The van der Waals surface area contributed by atoms with Crippen LogP contribution in [0.3, 0.4) is 0 Å². The summed E-state index contributed by atoms with van der Waals surface area (Å²) in [5, 5.41) is 16.5. The van der Waals surface area contributed by atoms with Crippen molar-refractivity contribution in [3.05, 3.63) is 39.9 Å². The van der Waals surface area contributed by atoms with Crippen molar-refractivity contribution in [1.29, 1.82) is 0 Å². The molecular weight excluding hydrogens is 286 g/mol. The van der Waals surface area contributed by atoms with Crippen LogP contribution in [0.4, 0.5) is 5.69 Å². The third-order valence-electron chi connectivity index (χ3n) is 2.88. The second-order valence-electron chi connectivity index (χ2n) is 4.19. The molecule has 0 bridgehead atoms. The molecule has 1 fully saturated rings. The highest BCUT2D eigenvalue weighted by molar-refractivity contribution is 5.85. The van der Waals surface area contributed by atoms with Gasteiger partial charge in [0.1, 0.15) is 6.04 Å². The van der Waals surface area contributed by atoms with Crippen molar-refractivity contribution in [3.63, 3.8) is 0 Å². The fourth-order valence-electron chi connectivity index (χ4n) is 1.88. The number of morpholine rings is 1. The predicted octanol–water partition coefficient (Wildman–Crippen LogP) is 0.621. The number of nitrogens with zero attached hydrogens (tertiary/aromatic N) is 1. The van der Waals surface area contributed by atoms with Gasteiger partial charge in [0.2, 0.25) is 5.91 Å². The molecule has 1 unspecified atom stereocenters. The molecule has 0 saturated carbocycles. The molecule has 1 amide bonds. The number of halogens is 1. The Labute approximate surface area is 122 Å². The van der Waals surface area contributed by atoms with Crippen LogP contribution in [0.15, 0.2) is 24.3 Å². The van der Waals surface area contributed by atoms with Gasteiger partial charge < -0.3 is 15.4 Å². The smallest absolute Gasteiger partial charge is 0.274 e. The molecule has 0 aliphatic carbocycles. The van der Waals surface area contributed by atoms with Crippen LogP contribution in [0.1, 0.15) is 5.56 Å². The Bertz CT molecular complexity index is 478. The summed E-state index contributed by atoms with van der Waals surface area (Å²) in [6.07, 6.45) is 0. The lowest BCUT2D eigenvalue weighted by atomic mass is 10.1. The Hall–Kier alpha value is -1.70. The van der Waals surface area contributed by atoms with Gasteiger partial charge in [-0.05, 0) is 0 Å². The van der Waals surface area contributed by atoms with E-state index < -0.39 is 11.0 Å². The van der Waals surface area contributed by atoms with E-state index in [0.29, 0.717) is 25.3 Å². The quantitative estimate of drug-likeness (QED) is 0.628. The van der Waals surface area contributed by atoms with Crippen LogP contribution >= 0.6 is 12.4 Å². The van der Waals surface area contributed by atoms with Crippen LogP contribution in [0.25, 0.3) is 0 Å². The molecule has 20 heavy (non-hydrogen) atoms. The van der Waals surface area contributed by atoms with Crippen LogP contribution in [-0.2, 0) is 16.1 Å². The summed E-state index contributed by atoms with van der Waals surface area (Å²) in [6, 6.07) is 5.96. The number of carbonyl (C=O) groups is 1. The fraction of sp³-hybridized carbons (Fsp3) is 0.417. The first-order valence-corrected chi connectivity index (χ1v) is 5.99. The molecule has 2 rings (SSSR count). The van der Waals surface area contributed by atoms with E-state index in [1.54, 1.807) is 18.2 Å². The molecular formula is C12H16ClN3O4. The Morgan fingerprint density at radius 1 is 1.50 bits per heavy atom. The minimum atomic E-state index is -0.455. The number of para-hydroxylation sites is 1. The van der Waals surface area contributed by atoms with Gasteiger partial charge in [-0.15, -0.1) is 12.4 Å². The minimum absolute atomic E-state index is 0. The van der Waals surface area contributed by atoms with Crippen molar-refractivity contribution in [2.75, 3.05) is 19.8 Å². The van der Waals surface area contributed by atoms with Crippen molar-refractivity contribution < 1.29 is 14.5 Å². The fourth-order valence-corrected chi connectivity index (χ4v) is 1.88. The molecule has 8 heteroatoms. The number of ether oxygens (including phenoxy) is 1. The van der Waals surface area contributed by atoms with Crippen molar-refractivity contribution in [2.24, 2.45) is 0 Å². The molecule has 1 atom stereocenters. The third-order valence-corrected chi connectivity index (χ3v) is 2.88. The summed E-state index contributed by atoms with van der Waals surface area (Å²) in [7, 11) is 0. The highest BCUT2D eigenvalue weighted by Gasteiger charge is 2.21. The summed E-state index contributed by atoms with van der Waals surface area (Å²) >= 11 is 0. The van der Waals surface area contributed by atoms with Gasteiger partial charge in [0.05, 0.1) is 18.1 Å². The number of amides is 1. The lowest BCUT2D eigenvalue weighted by Gasteiger charge is -2.22. The molecule has 0 aromatic heterocycles. The average Bonchev–Trinajstić information content (AvgIpc) is 2.46. The second-order valence-corrected chi connectivity index (χ2v) is 4.19. The van der Waals surface area contributed by atoms with Crippen LogP contribution < -0.4 is 10.6 Å². The summed E-state index contributed by atoms with van der Waals surface area (Å²) < 4.78 is 5.19. The van der Waals surface area contributed by atoms with E-state index in [2.05, 4.69) is 10.6 Å². The number of benzene rings is 1. The van der Waals surface area contributed by atoms with Gasteiger partial charge in [-0.1, -0.05) is 18.2 Å². The molecule has 0 radical (unpaired) electrons. The van der Waals surface area contributed by atoms with Crippen molar-refractivity contribution in [3.8, 4) is 0 Å². The van der Waals surface area contributed by atoms with E-state index in [9.17, 15) is 14.9 Å². The number of rotatable bonds is 4. The number of hydrogen-bond donors (Lipinski definition) is 2. The molecule has 1 aromatic rings. The van der Waals surface area contributed by atoms with Gasteiger partial charge in [-0.2, -0.15) is 0 Å². The molecule has 7 nitrogen and oxygen atoms in total. The van der Waals surface area contributed by atoms with Crippen molar-refractivity contribution in [2.45, 2.75) is 12.6 Å². The monoisotopic (exact) mass is 301 g/mol. The normalized spacial score (nSPS) is 17.9. The average molecular weight is 302 g/mol. The number of hydrogen-bond acceptors (Lipinski definition) is 5. The zero-order valence-electron chi connectivity index (χ0n) is 10.7. The zero-order chi connectivity index (χ0) is 13.7. The Morgan fingerprint density at radius 3 is 2.90 bits per heavy atom. The first-order valence-electron chi connectivity index (χ1n) is 5.99.